The average molecular weight is 407 g/mol. The lowest BCUT2D eigenvalue weighted by Crippen LogP contribution is -1.99. The number of methoxy groups -OCH3 is 1. The molecular formula is C13H11Br2ClN2O. The van der Waals surface area contributed by atoms with E-state index in [9.17, 15) is 0 Å². The van der Waals surface area contributed by atoms with Crippen molar-refractivity contribution in [3.05, 3.63) is 38.0 Å². The van der Waals surface area contributed by atoms with Crippen molar-refractivity contribution >= 4 is 43.5 Å². The summed E-state index contributed by atoms with van der Waals surface area (Å²) < 4.78 is 7.02. The van der Waals surface area contributed by atoms with Crippen LogP contribution >= 0.6 is 43.5 Å². The molecule has 0 saturated heterocycles. The van der Waals surface area contributed by atoms with Crippen molar-refractivity contribution in [2.45, 2.75) is 13.3 Å². The van der Waals surface area contributed by atoms with E-state index in [-0.39, 0.29) is 0 Å². The summed E-state index contributed by atoms with van der Waals surface area (Å²) in [7, 11) is 1.62. The third-order valence-corrected chi connectivity index (χ3v) is 4.45. The summed E-state index contributed by atoms with van der Waals surface area (Å²) in [5.41, 5.74) is 1.68. The first-order valence-corrected chi connectivity index (χ1v) is 7.59. The minimum absolute atomic E-state index is 0.406. The molecule has 0 aliphatic carbocycles. The summed E-state index contributed by atoms with van der Waals surface area (Å²) in [6, 6.07) is 5.69. The molecular weight excluding hydrogens is 395 g/mol. The normalized spacial score (nSPS) is 10.6. The molecule has 0 radical (unpaired) electrons. The first kappa shape index (κ1) is 14.8. The molecule has 0 unspecified atom stereocenters. The van der Waals surface area contributed by atoms with Crippen molar-refractivity contribution in [1.29, 1.82) is 0 Å². The van der Waals surface area contributed by atoms with E-state index in [1.165, 1.54) is 0 Å². The number of halogens is 3. The molecule has 0 saturated carbocycles. The molecule has 0 amide bonds. The van der Waals surface area contributed by atoms with Crippen LogP contribution < -0.4 is 4.74 Å². The Morgan fingerprint density at radius 3 is 2.63 bits per heavy atom. The van der Waals surface area contributed by atoms with Gasteiger partial charge in [0.15, 0.2) is 5.82 Å². The topological polar surface area (TPSA) is 35.0 Å². The number of aromatic nitrogens is 2. The fraction of sp³-hybridized carbons (Fsp3) is 0.231. The maximum absolute atomic E-state index is 6.13. The van der Waals surface area contributed by atoms with Crippen LogP contribution in [0.25, 0.3) is 11.4 Å². The molecule has 19 heavy (non-hydrogen) atoms. The number of hydrogen-bond donors (Lipinski definition) is 0. The summed E-state index contributed by atoms with van der Waals surface area (Å²) >= 11 is 13.0. The Balaban J connectivity index is 2.65. The second kappa shape index (κ2) is 6.20. The summed E-state index contributed by atoms with van der Waals surface area (Å²) in [5.74, 6) is 1.27. The van der Waals surface area contributed by atoms with Gasteiger partial charge in [-0.3, -0.25) is 0 Å². The number of benzene rings is 1. The van der Waals surface area contributed by atoms with Crippen molar-refractivity contribution in [1.82, 2.24) is 9.97 Å². The van der Waals surface area contributed by atoms with Gasteiger partial charge in [0.1, 0.15) is 10.9 Å². The van der Waals surface area contributed by atoms with Gasteiger partial charge in [0, 0.05) is 4.47 Å². The summed E-state index contributed by atoms with van der Waals surface area (Å²) in [6.07, 6.45) is 0.770. The van der Waals surface area contributed by atoms with E-state index in [0.29, 0.717) is 16.7 Å². The lowest BCUT2D eigenvalue weighted by Gasteiger charge is -2.10. The highest BCUT2D eigenvalue weighted by Crippen LogP contribution is 2.33. The highest BCUT2D eigenvalue weighted by atomic mass is 79.9. The van der Waals surface area contributed by atoms with E-state index in [1.54, 1.807) is 7.11 Å². The molecule has 0 spiro atoms. The minimum Gasteiger partial charge on any atom is -0.496 e. The summed E-state index contributed by atoms with van der Waals surface area (Å²) in [4.78, 5) is 8.84. The van der Waals surface area contributed by atoms with Crippen LogP contribution in [0.15, 0.2) is 27.1 Å². The molecule has 0 atom stereocenters. The van der Waals surface area contributed by atoms with Crippen LogP contribution in [0, 0.1) is 0 Å². The fourth-order valence-corrected chi connectivity index (χ4v) is 2.68. The quantitative estimate of drug-likeness (QED) is 0.681. The Labute approximate surface area is 133 Å². The predicted octanol–water partition coefficient (Wildman–Crippen LogP) is 4.89. The van der Waals surface area contributed by atoms with E-state index in [4.69, 9.17) is 16.3 Å². The Morgan fingerprint density at radius 1 is 1.26 bits per heavy atom. The molecule has 100 valence electrons. The van der Waals surface area contributed by atoms with Crippen LogP contribution in [-0.4, -0.2) is 17.1 Å². The standard InChI is InChI=1S/C13H11Br2ClN2O/c1-3-9-11(15)12(16)18-13(17-9)8-6-7(14)4-5-10(8)19-2/h4-6H,3H2,1-2H3. The third-order valence-electron chi connectivity index (χ3n) is 2.62. The van der Waals surface area contributed by atoms with E-state index >= 15 is 0 Å². The second-order valence-corrected chi connectivity index (χ2v) is 5.86. The molecule has 6 heteroatoms. The molecule has 0 bridgehead atoms. The molecule has 2 aromatic rings. The Hall–Kier alpha value is -0.650. The molecule has 2 rings (SSSR count). The molecule has 1 aromatic carbocycles. The van der Waals surface area contributed by atoms with Crippen LogP contribution in [0.4, 0.5) is 0 Å². The second-order valence-electron chi connectivity index (χ2n) is 3.80. The molecule has 0 N–H and O–H groups in total. The first-order valence-electron chi connectivity index (χ1n) is 5.62. The molecule has 1 heterocycles. The van der Waals surface area contributed by atoms with Crippen LogP contribution in [0.1, 0.15) is 12.6 Å². The maximum atomic E-state index is 6.13. The average Bonchev–Trinajstić information content (AvgIpc) is 2.41. The lowest BCUT2D eigenvalue weighted by atomic mass is 10.2. The van der Waals surface area contributed by atoms with Gasteiger partial charge in [0.2, 0.25) is 0 Å². The van der Waals surface area contributed by atoms with Gasteiger partial charge < -0.3 is 4.74 Å². The zero-order valence-electron chi connectivity index (χ0n) is 10.4. The van der Waals surface area contributed by atoms with Gasteiger partial charge in [-0.2, -0.15) is 0 Å². The minimum atomic E-state index is 0.406. The Morgan fingerprint density at radius 2 is 2.00 bits per heavy atom. The Kier molecular flexibility index (Phi) is 4.81. The van der Waals surface area contributed by atoms with Crippen molar-refractivity contribution in [2.75, 3.05) is 7.11 Å². The number of nitrogens with zero attached hydrogens (tertiary/aromatic N) is 2. The van der Waals surface area contributed by atoms with E-state index < -0.39 is 0 Å². The molecule has 0 fully saturated rings. The summed E-state index contributed by atoms with van der Waals surface area (Å²) in [6.45, 7) is 2.02. The zero-order chi connectivity index (χ0) is 14.0. The van der Waals surface area contributed by atoms with Crippen LogP contribution in [0.2, 0.25) is 5.15 Å². The van der Waals surface area contributed by atoms with Gasteiger partial charge >= 0.3 is 0 Å². The summed E-state index contributed by atoms with van der Waals surface area (Å²) in [5, 5.41) is 0.406. The number of hydrogen-bond acceptors (Lipinski definition) is 3. The molecule has 0 aliphatic heterocycles. The van der Waals surface area contributed by atoms with Crippen molar-refractivity contribution in [2.24, 2.45) is 0 Å². The van der Waals surface area contributed by atoms with Crippen molar-refractivity contribution in [3.63, 3.8) is 0 Å². The molecule has 3 nitrogen and oxygen atoms in total. The lowest BCUT2D eigenvalue weighted by molar-refractivity contribution is 0.416. The molecule has 0 aliphatic rings. The third kappa shape index (κ3) is 3.09. The zero-order valence-corrected chi connectivity index (χ0v) is 14.3. The Bertz CT molecular complexity index is 620. The van der Waals surface area contributed by atoms with Crippen LogP contribution in [-0.2, 0) is 6.42 Å². The molecule has 1 aromatic heterocycles. The van der Waals surface area contributed by atoms with Gasteiger partial charge in [0.25, 0.3) is 0 Å². The largest absolute Gasteiger partial charge is 0.496 e. The predicted molar refractivity (Wildman–Crippen MR) is 83.8 cm³/mol. The van der Waals surface area contributed by atoms with E-state index in [1.807, 2.05) is 25.1 Å². The van der Waals surface area contributed by atoms with Gasteiger partial charge in [-0.25, -0.2) is 9.97 Å². The van der Waals surface area contributed by atoms with Gasteiger partial charge in [0.05, 0.1) is 22.8 Å². The highest BCUT2D eigenvalue weighted by molar-refractivity contribution is 9.10. The number of ether oxygens (including phenoxy) is 1. The van der Waals surface area contributed by atoms with Crippen molar-refractivity contribution in [3.8, 4) is 17.1 Å². The van der Waals surface area contributed by atoms with Crippen LogP contribution in [0.5, 0.6) is 5.75 Å². The monoisotopic (exact) mass is 404 g/mol. The fourth-order valence-electron chi connectivity index (χ4n) is 1.67. The van der Waals surface area contributed by atoms with Crippen LogP contribution in [0.3, 0.4) is 0 Å². The van der Waals surface area contributed by atoms with Gasteiger partial charge in [-0.1, -0.05) is 34.5 Å². The van der Waals surface area contributed by atoms with Gasteiger partial charge in [-0.15, -0.1) is 0 Å². The maximum Gasteiger partial charge on any atom is 0.164 e. The number of rotatable bonds is 3. The SMILES string of the molecule is CCc1nc(-c2cc(Br)ccc2OC)nc(Cl)c1Br. The van der Waals surface area contributed by atoms with E-state index in [0.717, 1.165) is 26.6 Å². The van der Waals surface area contributed by atoms with E-state index in [2.05, 4.69) is 41.8 Å². The van der Waals surface area contributed by atoms with Gasteiger partial charge in [-0.05, 0) is 40.5 Å². The smallest absolute Gasteiger partial charge is 0.164 e. The number of aryl methyl sites for hydroxylation is 1. The van der Waals surface area contributed by atoms with Crippen molar-refractivity contribution < 1.29 is 4.74 Å². The first-order chi connectivity index (χ1) is 9.06. The highest BCUT2D eigenvalue weighted by Gasteiger charge is 2.14.